The van der Waals surface area contributed by atoms with Crippen LogP contribution < -0.4 is 0 Å². The van der Waals surface area contributed by atoms with Crippen molar-refractivity contribution < 1.29 is 18.0 Å². The topological polar surface area (TPSA) is 17.1 Å². The van der Waals surface area contributed by atoms with Crippen LogP contribution in [0.15, 0.2) is 24.3 Å². The van der Waals surface area contributed by atoms with Gasteiger partial charge in [0, 0.05) is 6.42 Å². The summed E-state index contributed by atoms with van der Waals surface area (Å²) in [5.41, 5.74) is -0.424. The van der Waals surface area contributed by atoms with E-state index in [1.54, 1.807) is 0 Å². The van der Waals surface area contributed by atoms with E-state index in [2.05, 4.69) is 0 Å². The highest BCUT2D eigenvalue weighted by Crippen LogP contribution is 2.29. The molecular formula is C11H10ClF3O. The SMILES string of the molecule is CC(Cl)C(=O)Cc1cccc(C(F)(F)F)c1. The highest BCUT2D eigenvalue weighted by molar-refractivity contribution is 6.30. The number of carbonyl (C=O) groups excluding carboxylic acids is 1. The van der Waals surface area contributed by atoms with Gasteiger partial charge >= 0.3 is 6.18 Å². The molecule has 1 atom stereocenters. The van der Waals surface area contributed by atoms with E-state index in [1.165, 1.54) is 19.1 Å². The molecule has 0 aliphatic carbocycles. The largest absolute Gasteiger partial charge is 0.416 e. The van der Waals surface area contributed by atoms with Gasteiger partial charge in [0.15, 0.2) is 5.78 Å². The first-order valence-corrected chi connectivity index (χ1v) is 5.07. The van der Waals surface area contributed by atoms with Crippen molar-refractivity contribution in [1.82, 2.24) is 0 Å². The van der Waals surface area contributed by atoms with Gasteiger partial charge in [-0.05, 0) is 18.6 Å². The van der Waals surface area contributed by atoms with Crippen LogP contribution in [0.3, 0.4) is 0 Å². The van der Waals surface area contributed by atoms with E-state index in [1.807, 2.05) is 0 Å². The van der Waals surface area contributed by atoms with Gasteiger partial charge in [-0.3, -0.25) is 4.79 Å². The standard InChI is InChI=1S/C11H10ClF3O/c1-7(12)10(16)6-8-3-2-4-9(5-8)11(13,14)15/h2-5,7H,6H2,1H3. The van der Waals surface area contributed by atoms with Crippen molar-refractivity contribution in [2.75, 3.05) is 0 Å². The van der Waals surface area contributed by atoms with Crippen LogP contribution in [0, 0.1) is 0 Å². The zero-order valence-electron chi connectivity index (χ0n) is 8.51. The minimum absolute atomic E-state index is 0.0748. The van der Waals surface area contributed by atoms with E-state index in [9.17, 15) is 18.0 Å². The maximum atomic E-state index is 12.4. The Kier molecular flexibility index (Phi) is 3.97. The van der Waals surface area contributed by atoms with Crippen molar-refractivity contribution in [3.63, 3.8) is 0 Å². The van der Waals surface area contributed by atoms with Crippen molar-refractivity contribution in [2.24, 2.45) is 0 Å². The molecule has 0 aromatic heterocycles. The second-order valence-corrected chi connectivity index (χ2v) is 4.11. The fraction of sp³-hybridized carbons (Fsp3) is 0.364. The zero-order chi connectivity index (χ0) is 12.3. The van der Waals surface area contributed by atoms with Crippen LogP contribution in [0.1, 0.15) is 18.1 Å². The predicted octanol–water partition coefficient (Wildman–Crippen LogP) is 3.44. The molecule has 0 bridgehead atoms. The molecule has 1 aromatic carbocycles. The highest BCUT2D eigenvalue weighted by Gasteiger charge is 2.30. The number of hydrogen-bond donors (Lipinski definition) is 0. The molecule has 0 aliphatic heterocycles. The lowest BCUT2D eigenvalue weighted by molar-refractivity contribution is -0.137. The molecule has 1 rings (SSSR count). The van der Waals surface area contributed by atoms with E-state index < -0.39 is 17.1 Å². The smallest absolute Gasteiger partial charge is 0.298 e. The first-order valence-electron chi connectivity index (χ1n) is 4.63. The van der Waals surface area contributed by atoms with Crippen molar-refractivity contribution >= 4 is 17.4 Å². The molecular weight excluding hydrogens is 241 g/mol. The molecule has 5 heteroatoms. The fourth-order valence-corrected chi connectivity index (χ4v) is 1.28. The van der Waals surface area contributed by atoms with E-state index >= 15 is 0 Å². The maximum Gasteiger partial charge on any atom is 0.416 e. The van der Waals surface area contributed by atoms with Gasteiger partial charge in [-0.25, -0.2) is 0 Å². The molecule has 0 saturated heterocycles. The van der Waals surface area contributed by atoms with Crippen molar-refractivity contribution in [1.29, 1.82) is 0 Å². The van der Waals surface area contributed by atoms with E-state index in [0.717, 1.165) is 12.1 Å². The number of carbonyl (C=O) groups is 1. The van der Waals surface area contributed by atoms with Gasteiger partial charge < -0.3 is 0 Å². The predicted molar refractivity (Wildman–Crippen MR) is 55.5 cm³/mol. The molecule has 1 nitrogen and oxygen atoms in total. The maximum absolute atomic E-state index is 12.4. The average Bonchev–Trinajstić information content (AvgIpc) is 2.16. The molecule has 0 heterocycles. The summed E-state index contributed by atoms with van der Waals surface area (Å²) in [6.45, 7) is 1.50. The summed E-state index contributed by atoms with van der Waals surface area (Å²) in [5.74, 6) is -0.291. The fourth-order valence-electron chi connectivity index (χ4n) is 1.20. The van der Waals surface area contributed by atoms with Crippen LogP contribution >= 0.6 is 11.6 Å². The minimum Gasteiger partial charge on any atom is -0.298 e. The summed E-state index contributed by atoms with van der Waals surface area (Å²) < 4.78 is 37.1. The van der Waals surface area contributed by atoms with Crippen LogP contribution in [-0.2, 0) is 17.4 Å². The lowest BCUT2D eigenvalue weighted by Crippen LogP contribution is -2.14. The van der Waals surface area contributed by atoms with Gasteiger partial charge in [-0.1, -0.05) is 18.2 Å². The third-order valence-electron chi connectivity index (χ3n) is 2.08. The van der Waals surface area contributed by atoms with Crippen molar-refractivity contribution in [3.05, 3.63) is 35.4 Å². The van der Waals surface area contributed by atoms with Gasteiger partial charge in [0.2, 0.25) is 0 Å². The van der Waals surface area contributed by atoms with Crippen LogP contribution in [-0.4, -0.2) is 11.2 Å². The molecule has 0 amide bonds. The highest BCUT2D eigenvalue weighted by atomic mass is 35.5. The Balaban J connectivity index is 2.88. The first kappa shape index (κ1) is 13.0. The summed E-state index contributed by atoms with van der Waals surface area (Å²) in [4.78, 5) is 11.3. The van der Waals surface area contributed by atoms with Gasteiger partial charge in [0.25, 0.3) is 0 Å². The van der Waals surface area contributed by atoms with Gasteiger partial charge in [0.05, 0.1) is 10.9 Å². The number of benzene rings is 1. The summed E-state index contributed by atoms with van der Waals surface area (Å²) >= 11 is 5.54. The Morgan fingerprint density at radius 1 is 1.44 bits per heavy atom. The zero-order valence-corrected chi connectivity index (χ0v) is 9.27. The third kappa shape index (κ3) is 3.52. The van der Waals surface area contributed by atoms with Crippen LogP contribution in [0.2, 0.25) is 0 Å². The van der Waals surface area contributed by atoms with Crippen LogP contribution in [0.25, 0.3) is 0 Å². The number of Topliss-reactive ketones (excluding diaryl/α,β-unsaturated/α-hetero) is 1. The molecule has 1 unspecified atom stereocenters. The molecule has 16 heavy (non-hydrogen) atoms. The van der Waals surface area contributed by atoms with Crippen LogP contribution in [0.5, 0.6) is 0 Å². The third-order valence-corrected chi connectivity index (χ3v) is 2.32. The van der Waals surface area contributed by atoms with Crippen LogP contribution in [0.4, 0.5) is 13.2 Å². The second kappa shape index (κ2) is 4.87. The number of ketones is 1. The number of alkyl halides is 4. The number of rotatable bonds is 3. The molecule has 0 aliphatic rings. The van der Waals surface area contributed by atoms with Gasteiger partial charge in [-0.2, -0.15) is 13.2 Å². The lowest BCUT2D eigenvalue weighted by Gasteiger charge is -2.08. The summed E-state index contributed by atoms with van der Waals surface area (Å²) in [6, 6.07) is 4.70. The van der Waals surface area contributed by atoms with E-state index in [0.29, 0.717) is 5.56 Å². The Hall–Kier alpha value is -1.03. The summed E-state index contributed by atoms with van der Waals surface area (Å²) in [6.07, 6.45) is -4.46. The van der Waals surface area contributed by atoms with Gasteiger partial charge in [-0.15, -0.1) is 11.6 Å². The monoisotopic (exact) mass is 250 g/mol. The number of hydrogen-bond acceptors (Lipinski definition) is 1. The summed E-state index contributed by atoms with van der Waals surface area (Å²) in [5, 5.41) is -0.686. The first-order chi connectivity index (χ1) is 7.30. The van der Waals surface area contributed by atoms with Gasteiger partial charge in [0.1, 0.15) is 0 Å². The lowest BCUT2D eigenvalue weighted by atomic mass is 10.0. The normalized spacial score (nSPS) is 13.6. The Labute approximate surface area is 96.2 Å². The molecule has 0 radical (unpaired) electrons. The van der Waals surface area contributed by atoms with Crippen molar-refractivity contribution in [2.45, 2.75) is 24.9 Å². The minimum atomic E-state index is -4.38. The molecule has 0 spiro atoms. The second-order valence-electron chi connectivity index (χ2n) is 3.46. The molecule has 1 aromatic rings. The average molecular weight is 251 g/mol. The number of halogens is 4. The summed E-state index contributed by atoms with van der Waals surface area (Å²) in [7, 11) is 0. The molecule has 88 valence electrons. The molecule has 0 saturated carbocycles. The Bertz CT molecular complexity index is 385. The van der Waals surface area contributed by atoms with E-state index in [-0.39, 0.29) is 12.2 Å². The quantitative estimate of drug-likeness (QED) is 0.751. The molecule has 0 N–H and O–H groups in total. The van der Waals surface area contributed by atoms with Crippen molar-refractivity contribution in [3.8, 4) is 0 Å². The Morgan fingerprint density at radius 2 is 2.06 bits per heavy atom. The molecule has 0 fully saturated rings. The Morgan fingerprint density at radius 3 is 2.56 bits per heavy atom. The van der Waals surface area contributed by atoms with E-state index in [4.69, 9.17) is 11.6 Å².